The lowest BCUT2D eigenvalue weighted by Gasteiger charge is -2.05. The van der Waals surface area contributed by atoms with Gasteiger partial charge in [0.05, 0.1) is 11.4 Å². The summed E-state index contributed by atoms with van der Waals surface area (Å²) in [5, 5.41) is 2.27. The van der Waals surface area contributed by atoms with Gasteiger partial charge in [-0.05, 0) is 24.5 Å². The molecule has 0 bridgehead atoms. The van der Waals surface area contributed by atoms with Crippen LogP contribution in [0.1, 0.15) is 12.6 Å². The van der Waals surface area contributed by atoms with E-state index in [1.54, 1.807) is 18.5 Å². The maximum atomic E-state index is 4.41. The number of aliphatic imine (C=N–C) groups is 1. The number of hydrogen-bond acceptors (Lipinski definition) is 2. The summed E-state index contributed by atoms with van der Waals surface area (Å²) in [5.41, 5.74) is 1.72. The fourth-order valence-corrected chi connectivity index (χ4v) is 1.76. The molecule has 0 saturated carbocycles. The third-order valence-electron chi connectivity index (χ3n) is 2.46. The molecule has 1 heterocycles. The molecule has 0 radical (unpaired) electrons. The van der Waals surface area contributed by atoms with E-state index in [0.29, 0.717) is 0 Å². The molecule has 84 valence electrons. The first-order valence-corrected chi connectivity index (χ1v) is 5.52. The lowest BCUT2D eigenvalue weighted by Crippen LogP contribution is -1.89. The van der Waals surface area contributed by atoms with Gasteiger partial charge < -0.3 is 0 Å². The Bertz CT molecular complexity index is 589. The maximum absolute atomic E-state index is 4.41. The molecule has 0 aliphatic carbocycles. The molecule has 2 heteroatoms. The second-order valence-corrected chi connectivity index (χ2v) is 3.56. The molecule has 0 N–H and O–H groups in total. The molecular weight excluding hydrogens is 208 g/mol. The molecule has 1 aromatic heterocycles. The minimum atomic E-state index is 0.833. The second kappa shape index (κ2) is 5.21. The van der Waals surface area contributed by atoms with E-state index in [2.05, 4.69) is 28.7 Å². The van der Waals surface area contributed by atoms with Gasteiger partial charge in [-0.15, -0.1) is 0 Å². The van der Waals surface area contributed by atoms with Gasteiger partial charge in [0, 0.05) is 17.8 Å². The molecule has 2 aromatic rings. The van der Waals surface area contributed by atoms with Crippen molar-refractivity contribution in [1.29, 1.82) is 0 Å². The second-order valence-electron chi connectivity index (χ2n) is 3.56. The highest BCUT2D eigenvalue weighted by Crippen LogP contribution is 2.23. The predicted octanol–water partition coefficient (Wildman–Crippen LogP) is 3.85. The van der Waals surface area contributed by atoms with Crippen molar-refractivity contribution in [2.45, 2.75) is 6.92 Å². The van der Waals surface area contributed by atoms with Crippen molar-refractivity contribution in [3.63, 3.8) is 0 Å². The number of pyridine rings is 1. The van der Waals surface area contributed by atoms with Crippen LogP contribution in [-0.4, -0.2) is 11.2 Å². The minimum absolute atomic E-state index is 0.833. The van der Waals surface area contributed by atoms with E-state index in [1.165, 1.54) is 5.39 Å². The zero-order valence-corrected chi connectivity index (χ0v) is 9.80. The van der Waals surface area contributed by atoms with Crippen LogP contribution in [0.4, 0.5) is 0 Å². The van der Waals surface area contributed by atoms with Gasteiger partial charge in [0.15, 0.2) is 0 Å². The molecule has 2 rings (SSSR count). The van der Waals surface area contributed by atoms with Gasteiger partial charge in [0.25, 0.3) is 0 Å². The molecule has 0 fully saturated rings. The van der Waals surface area contributed by atoms with Crippen molar-refractivity contribution >= 4 is 22.7 Å². The van der Waals surface area contributed by atoms with Gasteiger partial charge in [-0.1, -0.05) is 36.9 Å². The molecule has 0 aliphatic heterocycles. The van der Waals surface area contributed by atoms with Crippen LogP contribution in [0.2, 0.25) is 0 Å². The summed E-state index contributed by atoms with van der Waals surface area (Å²) in [6.45, 7) is 5.60. The number of nitrogens with zero attached hydrogens (tertiary/aromatic N) is 2. The summed E-state index contributed by atoms with van der Waals surface area (Å²) in [5.74, 6) is 0. The van der Waals surface area contributed by atoms with E-state index in [1.807, 2.05) is 31.2 Å². The van der Waals surface area contributed by atoms with E-state index in [0.717, 1.165) is 16.8 Å². The van der Waals surface area contributed by atoms with E-state index in [4.69, 9.17) is 0 Å². The molecule has 0 amide bonds. The van der Waals surface area contributed by atoms with E-state index < -0.39 is 0 Å². The van der Waals surface area contributed by atoms with E-state index >= 15 is 0 Å². The standard InChI is InChI=1S/C15H14N2/c1-3-7-14(16-4-2)15-13-9-6-5-8-12(13)10-11-17-15/h3-11H,1H2,2H3/b14-7-,16-4?. The van der Waals surface area contributed by atoms with Crippen LogP contribution in [0, 0.1) is 0 Å². The Morgan fingerprint density at radius 2 is 2.12 bits per heavy atom. The van der Waals surface area contributed by atoms with Crippen molar-refractivity contribution < 1.29 is 0 Å². The topological polar surface area (TPSA) is 25.2 Å². The summed E-state index contributed by atoms with van der Waals surface area (Å²) in [7, 11) is 0. The maximum Gasteiger partial charge on any atom is 0.0964 e. The normalized spacial score (nSPS) is 12.2. The number of hydrogen-bond donors (Lipinski definition) is 0. The van der Waals surface area contributed by atoms with Crippen LogP contribution in [0.25, 0.3) is 16.5 Å². The lowest BCUT2D eigenvalue weighted by molar-refractivity contribution is 1.29. The zero-order valence-electron chi connectivity index (χ0n) is 9.80. The Morgan fingerprint density at radius 1 is 1.29 bits per heavy atom. The quantitative estimate of drug-likeness (QED) is 0.572. The van der Waals surface area contributed by atoms with Crippen molar-refractivity contribution in [3.8, 4) is 0 Å². The van der Waals surface area contributed by atoms with Crippen LogP contribution in [0.5, 0.6) is 0 Å². The van der Waals surface area contributed by atoms with Crippen LogP contribution in [-0.2, 0) is 0 Å². The van der Waals surface area contributed by atoms with Gasteiger partial charge >= 0.3 is 0 Å². The van der Waals surface area contributed by atoms with Crippen molar-refractivity contribution in [2.75, 3.05) is 0 Å². The number of allylic oxidation sites excluding steroid dienone is 2. The number of rotatable bonds is 3. The number of fused-ring (bicyclic) bond motifs is 1. The first-order chi connectivity index (χ1) is 8.36. The molecule has 0 aliphatic rings. The van der Waals surface area contributed by atoms with Gasteiger partial charge in [-0.25, -0.2) is 0 Å². The molecule has 0 spiro atoms. The third-order valence-corrected chi connectivity index (χ3v) is 2.46. The smallest absolute Gasteiger partial charge is 0.0964 e. The van der Waals surface area contributed by atoms with Crippen molar-refractivity contribution in [1.82, 2.24) is 4.98 Å². The average molecular weight is 222 g/mol. The SMILES string of the molecule is C=C/C=C(\N=CC)c1nccc2ccccc12. The van der Waals surface area contributed by atoms with Gasteiger partial charge in [0.1, 0.15) is 0 Å². The summed E-state index contributed by atoms with van der Waals surface area (Å²) in [4.78, 5) is 8.75. The average Bonchev–Trinajstić information content (AvgIpc) is 2.38. The van der Waals surface area contributed by atoms with E-state index in [9.17, 15) is 0 Å². The fraction of sp³-hybridized carbons (Fsp3) is 0.0667. The summed E-state index contributed by atoms with van der Waals surface area (Å²) in [6, 6.07) is 10.2. The molecule has 0 unspecified atom stereocenters. The summed E-state index contributed by atoms with van der Waals surface area (Å²) < 4.78 is 0. The molecule has 17 heavy (non-hydrogen) atoms. The largest absolute Gasteiger partial charge is 0.259 e. The highest BCUT2D eigenvalue weighted by Gasteiger charge is 2.05. The summed E-state index contributed by atoms with van der Waals surface area (Å²) in [6.07, 6.45) is 7.17. The van der Waals surface area contributed by atoms with Crippen LogP contribution in [0.15, 0.2) is 60.3 Å². The Balaban J connectivity index is 2.69. The lowest BCUT2D eigenvalue weighted by atomic mass is 10.1. The highest BCUT2D eigenvalue weighted by molar-refractivity contribution is 5.92. The van der Waals surface area contributed by atoms with Gasteiger partial charge in [-0.3, -0.25) is 9.98 Å². The monoisotopic (exact) mass is 222 g/mol. The van der Waals surface area contributed by atoms with E-state index in [-0.39, 0.29) is 0 Å². The third kappa shape index (κ3) is 2.31. The predicted molar refractivity (Wildman–Crippen MR) is 74.1 cm³/mol. The Morgan fingerprint density at radius 3 is 2.88 bits per heavy atom. The molecule has 1 aromatic carbocycles. The Kier molecular flexibility index (Phi) is 3.46. The van der Waals surface area contributed by atoms with Crippen LogP contribution < -0.4 is 0 Å². The summed E-state index contributed by atoms with van der Waals surface area (Å²) >= 11 is 0. The highest BCUT2D eigenvalue weighted by atomic mass is 14.8. The first-order valence-electron chi connectivity index (χ1n) is 5.52. The van der Waals surface area contributed by atoms with Crippen molar-refractivity contribution in [2.24, 2.45) is 4.99 Å². The Hall–Kier alpha value is -2.22. The zero-order chi connectivity index (χ0) is 12.1. The van der Waals surface area contributed by atoms with Crippen molar-refractivity contribution in [3.05, 3.63) is 61.0 Å². The molecular formula is C15H14N2. The van der Waals surface area contributed by atoms with Crippen LogP contribution >= 0.6 is 0 Å². The minimum Gasteiger partial charge on any atom is -0.259 e. The molecule has 0 saturated heterocycles. The molecule has 0 atom stereocenters. The number of benzene rings is 1. The fourth-order valence-electron chi connectivity index (χ4n) is 1.76. The number of aromatic nitrogens is 1. The first kappa shape index (κ1) is 11.3. The molecule has 2 nitrogen and oxygen atoms in total. The van der Waals surface area contributed by atoms with Crippen LogP contribution in [0.3, 0.4) is 0 Å². The van der Waals surface area contributed by atoms with Gasteiger partial charge in [0.2, 0.25) is 0 Å². The van der Waals surface area contributed by atoms with Gasteiger partial charge in [-0.2, -0.15) is 0 Å². The Labute approximate surface area is 101 Å².